The van der Waals surface area contributed by atoms with E-state index in [0.29, 0.717) is 28.1 Å². The van der Waals surface area contributed by atoms with E-state index in [9.17, 15) is 10.5 Å². The molecular formula is C16H13N3. The zero-order valence-electron chi connectivity index (χ0n) is 11.2. The molecule has 0 saturated carbocycles. The van der Waals surface area contributed by atoms with Gasteiger partial charge in [0.2, 0.25) is 0 Å². The first kappa shape index (κ1) is 12.8. The van der Waals surface area contributed by atoms with E-state index >= 15 is 0 Å². The van der Waals surface area contributed by atoms with Gasteiger partial charge in [0.15, 0.2) is 0 Å². The van der Waals surface area contributed by atoms with Crippen LogP contribution in [0.4, 0.5) is 0 Å². The largest absolute Gasteiger partial charge is 0.256 e. The van der Waals surface area contributed by atoms with Crippen molar-refractivity contribution >= 4 is 0 Å². The lowest BCUT2D eigenvalue weighted by atomic mass is 9.93. The van der Waals surface area contributed by atoms with Crippen molar-refractivity contribution in [3.05, 3.63) is 52.3 Å². The average Bonchev–Trinajstić information content (AvgIpc) is 2.39. The number of pyridine rings is 1. The monoisotopic (exact) mass is 247 g/mol. The molecule has 0 saturated heterocycles. The minimum Gasteiger partial charge on any atom is -0.256 e. The van der Waals surface area contributed by atoms with Crippen molar-refractivity contribution in [3.63, 3.8) is 0 Å². The van der Waals surface area contributed by atoms with Gasteiger partial charge < -0.3 is 0 Å². The molecule has 0 radical (unpaired) electrons. The maximum atomic E-state index is 9.33. The van der Waals surface area contributed by atoms with Crippen molar-refractivity contribution in [3.8, 4) is 23.3 Å². The minimum atomic E-state index is 0.478. The fourth-order valence-electron chi connectivity index (χ4n) is 2.13. The molecule has 0 aliphatic heterocycles. The molecule has 0 fully saturated rings. The van der Waals surface area contributed by atoms with Crippen LogP contribution in [-0.2, 0) is 0 Å². The molecule has 0 N–H and O–H groups in total. The molecule has 0 bridgehead atoms. The van der Waals surface area contributed by atoms with Gasteiger partial charge in [-0.1, -0.05) is 29.8 Å². The summed E-state index contributed by atoms with van der Waals surface area (Å²) in [6, 6.07) is 12.2. The minimum absolute atomic E-state index is 0.478. The number of hydrogen-bond acceptors (Lipinski definition) is 3. The van der Waals surface area contributed by atoms with Crippen LogP contribution in [0.5, 0.6) is 0 Å². The predicted octanol–water partition coefficient (Wildman–Crippen LogP) is 3.42. The van der Waals surface area contributed by atoms with Crippen LogP contribution in [0.15, 0.2) is 24.3 Å². The number of hydrogen-bond donors (Lipinski definition) is 0. The third-order valence-corrected chi connectivity index (χ3v) is 3.12. The summed E-state index contributed by atoms with van der Waals surface area (Å²) in [5, 5.41) is 18.7. The van der Waals surface area contributed by atoms with Crippen molar-refractivity contribution in [2.45, 2.75) is 20.8 Å². The zero-order chi connectivity index (χ0) is 14.0. The van der Waals surface area contributed by atoms with Gasteiger partial charge in [-0.2, -0.15) is 10.5 Å². The Balaban J connectivity index is 2.85. The Morgan fingerprint density at radius 3 is 1.74 bits per heavy atom. The number of aromatic nitrogens is 1. The van der Waals surface area contributed by atoms with Crippen molar-refractivity contribution in [2.75, 3.05) is 0 Å². The summed E-state index contributed by atoms with van der Waals surface area (Å²) >= 11 is 0. The lowest BCUT2D eigenvalue weighted by Gasteiger charge is -2.11. The average molecular weight is 247 g/mol. The second kappa shape index (κ2) is 4.92. The zero-order valence-corrected chi connectivity index (χ0v) is 11.2. The van der Waals surface area contributed by atoms with E-state index in [1.54, 1.807) is 13.8 Å². The molecule has 2 rings (SSSR count). The summed E-state index contributed by atoms with van der Waals surface area (Å²) in [4.78, 5) is 4.27. The van der Waals surface area contributed by atoms with Crippen LogP contribution < -0.4 is 0 Å². The highest BCUT2D eigenvalue weighted by Crippen LogP contribution is 2.30. The number of benzene rings is 1. The van der Waals surface area contributed by atoms with E-state index in [-0.39, 0.29) is 0 Å². The standard InChI is InChI=1S/C16H13N3/c1-10-4-6-13(7-5-10)16-14(8-17)11(2)19-12(3)15(16)9-18/h4-7H,1-3H3. The van der Waals surface area contributed by atoms with Crippen LogP contribution in [-0.4, -0.2) is 4.98 Å². The second-order valence-corrected chi connectivity index (χ2v) is 4.50. The number of rotatable bonds is 1. The van der Waals surface area contributed by atoms with Crippen molar-refractivity contribution < 1.29 is 0 Å². The van der Waals surface area contributed by atoms with Crippen LogP contribution >= 0.6 is 0 Å². The molecule has 2 aromatic rings. The lowest BCUT2D eigenvalue weighted by molar-refractivity contribution is 1.10. The Kier molecular flexibility index (Phi) is 3.31. The Labute approximate surface area is 112 Å². The van der Waals surface area contributed by atoms with Crippen molar-refractivity contribution in [1.29, 1.82) is 10.5 Å². The van der Waals surface area contributed by atoms with Gasteiger partial charge in [0, 0.05) is 5.56 Å². The molecule has 0 aliphatic carbocycles. The second-order valence-electron chi connectivity index (χ2n) is 4.50. The van der Waals surface area contributed by atoms with E-state index in [4.69, 9.17) is 0 Å². The molecule has 0 spiro atoms. The Morgan fingerprint density at radius 2 is 1.32 bits per heavy atom. The summed E-state index contributed by atoms with van der Waals surface area (Å²) in [5.41, 5.74) is 4.99. The predicted molar refractivity (Wildman–Crippen MR) is 73.3 cm³/mol. The highest BCUT2D eigenvalue weighted by atomic mass is 14.7. The van der Waals surface area contributed by atoms with Crippen LogP contribution in [0.2, 0.25) is 0 Å². The van der Waals surface area contributed by atoms with E-state index in [2.05, 4.69) is 17.1 Å². The Hall–Kier alpha value is -2.65. The molecular weight excluding hydrogens is 234 g/mol. The van der Waals surface area contributed by atoms with Gasteiger partial charge in [-0.3, -0.25) is 4.98 Å². The molecule has 1 aromatic heterocycles. The highest BCUT2D eigenvalue weighted by molar-refractivity contribution is 5.78. The molecule has 1 aromatic carbocycles. The van der Waals surface area contributed by atoms with Gasteiger partial charge in [0.1, 0.15) is 12.1 Å². The summed E-state index contributed by atoms with van der Waals surface area (Å²) in [6.07, 6.45) is 0. The third-order valence-electron chi connectivity index (χ3n) is 3.12. The first-order valence-corrected chi connectivity index (χ1v) is 5.97. The van der Waals surface area contributed by atoms with Crippen molar-refractivity contribution in [2.24, 2.45) is 0 Å². The molecule has 3 nitrogen and oxygen atoms in total. The summed E-state index contributed by atoms with van der Waals surface area (Å²) in [7, 11) is 0. The van der Waals surface area contributed by atoms with Gasteiger partial charge >= 0.3 is 0 Å². The van der Waals surface area contributed by atoms with Crippen molar-refractivity contribution in [1.82, 2.24) is 4.98 Å². The summed E-state index contributed by atoms with van der Waals surface area (Å²) in [6.45, 7) is 5.60. The smallest absolute Gasteiger partial charge is 0.102 e. The Morgan fingerprint density at radius 1 is 0.842 bits per heavy atom. The van der Waals surface area contributed by atoms with Gasteiger partial charge in [-0.15, -0.1) is 0 Å². The number of nitriles is 2. The molecule has 0 amide bonds. The maximum Gasteiger partial charge on any atom is 0.102 e. The van der Waals surface area contributed by atoms with E-state index in [1.165, 1.54) is 0 Å². The van der Waals surface area contributed by atoms with Gasteiger partial charge in [-0.05, 0) is 26.3 Å². The molecule has 0 unspecified atom stereocenters. The number of aryl methyl sites for hydroxylation is 3. The van der Waals surface area contributed by atoms with Gasteiger partial charge in [-0.25, -0.2) is 0 Å². The molecule has 0 aliphatic rings. The van der Waals surface area contributed by atoms with Crippen LogP contribution in [0.3, 0.4) is 0 Å². The number of nitrogens with zero attached hydrogens (tertiary/aromatic N) is 3. The van der Waals surface area contributed by atoms with Gasteiger partial charge in [0.25, 0.3) is 0 Å². The summed E-state index contributed by atoms with van der Waals surface area (Å²) < 4.78 is 0. The normalized spacial score (nSPS) is 9.74. The van der Waals surface area contributed by atoms with Gasteiger partial charge in [0.05, 0.1) is 22.5 Å². The molecule has 0 atom stereocenters. The molecule has 19 heavy (non-hydrogen) atoms. The first-order chi connectivity index (χ1) is 9.08. The third kappa shape index (κ3) is 2.19. The Bertz CT molecular complexity index is 675. The topological polar surface area (TPSA) is 60.5 Å². The lowest BCUT2D eigenvalue weighted by Crippen LogP contribution is -2.00. The molecule has 92 valence electrons. The quantitative estimate of drug-likeness (QED) is 0.775. The molecule has 3 heteroatoms. The molecule has 1 heterocycles. The van der Waals surface area contributed by atoms with Crippen LogP contribution in [0, 0.1) is 43.4 Å². The maximum absolute atomic E-state index is 9.33. The highest BCUT2D eigenvalue weighted by Gasteiger charge is 2.17. The van der Waals surface area contributed by atoms with Crippen LogP contribution in [0.1, 0.15) is 28.1 Å². The van der Waals surface area contributed by atoms with E-state index < -0.39 is 0 Å². The summed E-state index contributed by atoms with van der Waals surface area (Å²) in [5.74, 6) is 0. The van der Waals surface area contributed by atoms with Crippen LogP contribution in [0.25, 0.3) is 11.1 Å². The van der Waals surface area contributed by atoms with E-state index in [0.717, 1.165) is 11.1 Å². The SMILES string of the molecule is Cc1ccc(-c2c(C#N)c(C)nc(C)c2C#N)cc1. The first-order valence-electron chi connectivity index (χ1n) is 5.97. The fourth-order valence-corrected chi connectivity index (χ4v) is 2.13. The van der Waals surface area contributed by atoms with E-state index in [1.807, 2.05) is 31.2 Å². The fraction of sp³-hybridized carbons (Fsp3) is 0.188.